The largest absolute Gasteiger partial charge is 0.496 e. The molecule has 100 valence electrons. The molecular formula is C15H17BrN2O. The molecule has 19 heavy (non-hydrogen) atoms. The number of nitrogens with one attached hydrogen (secondary N) is 1. The van der Waals surface area contributed by atoms with E-state index in [1.807, 2.05) is 48.5 Å². The number of methoxy groups -OCH3 is 1. The van der Waals surface area contributed by atoms with Gasteiger partial charge in [0, 0.05) is 22.3 Å². The third-order valence-electron chi connectivity index (χ3n) is 2.92. The van der Waals surface area contributed by atoms with Crippen LogP contribution in [0.5, 0.6) is 5.75 Å². The van der Waals surface area contributed by atoms with Crippen LogP contribution in [0.25, 0.3) is 0 Å². The lowest BCUT2D eigenvalue weighted by Crippen LogP contribution is -2.21. The third-order valence-corrected chi connectivity index (χ3v) is 3.41. The van der Waals surface area contributed by atoms with Gasteiger partial charge in [-0.05, 0) is 30.3 Å². The lowest BCUT2D eigenvalue weighted by atomic mass is 10.1. The minimum Gasteiger partial charge on any atom is -0.496 e. The number of nitrogens with two attached hydrogens (primary N) is 1. The second-order valence-electron chi connectivity index (χ2n) is 4.18. The first-order chi connectivity index (χ1) is 9.24. The number of para-hydroxylation sites is 1. The summed E-state index contributed by atoms with van der Waals surface area (Å²) in [6.45, 7) is 0.488. The Kier molecular flexibility index (Phi) is 4.82. The molecule has 4 heteroatoms. The highest BCUT2D eigenvalue weighted by atomic mass is 79.9. The van der Waals surface area contributed by atoms with Crippen LogP contribution in [-0.4, -0.2) is 13.7 Å². The Labute approximate surface area is 121 Å². The van der Waals surface area contributed by atoms with E-state index in [-0.39, 0.29) is 6.04 Å². The molecule has 0 fully saturated rings. The van der Waals surface area contributed by atoms with E-state index in [4.69, 9.17) is 10.5 Å². The SMILES string of the molecule is COc1ccc(Br)cc1C(CN)Nc1ccccc1. The van der Waals surface area contributed by atoms with Crippen LogP contribution < -0.4 is 15.8 Å². The van der Waals surface area contributed by atoms with Crippen LogP contribution in [0.3, 0.4) is 0 Å². The molecule has 0 heterocycles. The molecule has 0 aromatic heterocycles. The predicted octanol–water partition coefficient (Wildman–Crippen LogP) is 3.57. The number of benzene rings is 2. The van der Waals surface area contributed by atoms with Gasteiger partial charge in [0.2, 0.25) is 0 Å². The van der Waals surface area contributed by atoms with E-state index < -0.39 is 0 Å². The standard InChI is InChI=1S/C15H17BrN2O/c1-19-15-8-7-11(16)9-13(15)14(10-17)18-12-5-3-2-4-6-12/h2-9,14,18H,10,17H2,1H3. The molecule has 0 radical (unpaired) electrons. The Hall–Kier alpha value is -1.52. The van der Waals surface area contributed by atoms with E-state index in [0.29, 0.717) is 6.54 Å². The van der Waals surface area contributed by atoms with Gasteiger partial charge < -0.3 is 15.8 Å². The molecule has 0 saturated carbocycles. The van der Waals surface area contributed by atoms with E-state index in [2.05, 4.69) is 21.2 Å². The number of hydrogen-bond donors (Lipinski definition) is 2. The number of halogens is 1. The van der Waals surface area contributed by atoms with Crippen LogP contribution in [0.15, 0.2) is 53.0 Å². The molecule has 0 aliphatic carbocycles. The summed E-state index contributed by atoms with van der Waals surface area (Å²) >= 11 is 3.48. The highest BCUT2D eigenvalue weighted by Gasteiger charge is 2.15. The zero-order chi connectivity index (χ0) is 13.7. The van der Waals surface area contributed by atoms with Crippen molar-refractivity contribution in [2.45, 2.75) is 6.04 Å². The van der Waals surface area contributed by atoms with Gasteiger partial charge in [-0.15, -0.1) is 0 Å². The summed E-state index contributed by atoms with van der Waals surface area (Å²) < 4.78 is 6.42. The van der Waals surface area contributed by atoms with Gasteiger partial charge in [0.05, 0.1) is 13.2 Å². The van der Waals surface area contributed by atoms with Crippen LogP contribution in [0.2, 0.25) is 0 Å². The number of rotatable bonds is 5. The summed E-state index contributed by atoms with van der Waals surface area (Å²) in [4.78, 5) is 0. The van der Waals surface area contributed by atoms with Gasteiger partial charge in [0.15, 0.2) is 0 Å². The van der Waals surface area contributed by atoms with Crippen LogP contribution in [0, 0.1) is 0 Å². The highest BCUT2D eigenvalue weighted by Crippen LogP contribution is 2.30. The molecule has 1 atom stereocenters. The molecule has 2 rings (SSSR count). The predicted molar refractivity (Wildman–Crippen MR) is 82.6 cm³/mol. The first-order valence-electron chi connectivity index (χ1n) is 6.09. The van der Waals surface area contributed by atoms with Crippen LogP contribution >= 0.6 is 15.9 Å². The fourth-order valence-corrected chi connectivity index (χ4v) is 2.36. The fourth-order valence-electron chi connectivity index (χ4n) is 1.98. The Morgan fingerprint density at radius 2 is 1.95 bits per heavy atom. The molecule has 0 aliphatic heterocycles. The molecule has 2 aromatic rings. The highest BCUT2D eigenvalue weighted by molar-refractivity contribution is 9.10. The smallest absolute Gasteiger partial charge is 0.124 e. The van der Waals surface area contributed by atoms with Gasteiger partial charge in [-0.2, -0.15) is 0 Å². The van der Waals surface area contributed by atoms with Crippen LogP contribution in [0.1, 0.15) is 11.6 Å². The molecule has 0 aliphatic rings. The maximum absolute atomic E-state index is 5.89. The monoisotopic (exact) mass is 320 g/mol. The Balaban J connectivity index is 2.29. The van der Waals surface area contributed by atoms with Crippen molar-refractivity contribution in [2.24, 2.45) is 5.73 Å². The maximum Gasteiger partial charge on any atom is 0.124 e. The second kappa shape index (κ2) is 6.59. The minimum absolute atomic E-state index is 0.00912. The Morgan fingerprint density at radius 1 is 1.21 bits per heavy atom. The first kappa shape index (κ1) is 13.9. The quantitative estimate of drug-likeness (QED) is 0.885. The van der Waals surface area contributed by atoms with Gasteiger partial charge in [-0.25, -0.2) is 0 Å². The summed E-state index contributed by atoms with van der Waals surface area (Å²) in [6.07, 6.45) is 0. The van der Waals surface area contributed by atoms with Crippen molar-refractivity contribution < 1.29 is 4.74 Å². The molecule has 0 spiro atoms. The first-order valence-corrected chi connectivity index (χ1v) is 6.89. The number of ether oxygens (including phenoxy) is 1. The average molecular weight is 321 g/mol. The molecule has 0 amide bonds. The molecule has 0 saturated heterocycles. The molecule has 3 N–H and O–H groups in total. The van der Waals surface area contributed by atoms with Crippen molar-refractivity contribution in [3.05, 3.63) is 58.6 Å². The minimum atomic E-state index is 0.00912. The van der Waals surface area contributed by atoms with Gasteiger partial charge in [-0.3, -0.25) is 0 Å². The lowest BCUT2D eigenvalue weighted by Gasteiger charge is -2.21. The van der Waals surface area contributed by atoms with Crippen molar-refractivity contribution in [2.75, 3.05) is 19.0 Å². The lowest BCUT2D eigenvalue weighted by molar-refractivity contribution is 0.407. The van der Waals surface area contributed by atoms with Crippen LogP contribution in [0.4, 0.5) is 5.69 Å². The molecule has 1 unspecified atom stereocenters. The van der Waals surface area contributed by atoms with Gasteiger partial charge in [0.25, 0.3) is 0 Å². The summed E-state index contributed by atoms with van der Waals surface area (Å²) in [6, 6.07) is 16.0. The second-order valence-corrected chi connectivity index (χ2v) is 5.10. The van der Waals surface area contributed by atoms with Crippen molar-refractivity contribution in [1.29, 1.82) is 0 Å². The molecular weight excluding hydrogens is 304 g/mol. The number of anilines is 1. The summed E-state index contributed by atoms with van der Waals surface area (Å²) in [5.74, 6) is 0.835. The molecule has 0 bridgehead atoms. The van der Waals surface area contributed by atoms with E-state index in [9.17, 15) is 0 Å². The summed E-state index contributed by atoms with van der Waals surface area (Å²) in [7, 11) is 1.67. The van der Waals surface area contributed by atoms with Gasteiger partial charge in [0.1, 0.15) is 5.75 Å². The molecule has 2 aromatic carbocycles. The Morgan fingerprint density at radius 3 is 2.58 bits per heavy atom. The van der Waals surface area contributed by atoms with Crippen LogP contribution in [-0.2, 0) is 0 Å². The van der Waals surface area contributed by atoms with Crippen molar-refractivity contribution >= 4 is 21.6 Å². The molecule has 3 nitrogen and oxygen atoms in total. The Bertz CT molecular complexity index is 531. The van der Waals surface area contributed by atoms with Crippen molar-refractivity contribution in [3.8, 4) is 5.75 Å². The van der Waals surface area contributed by atoms with E-state index in [1.165, 1.54) is 0 Å². The van der Waals surface area contributed by atoms with E-state index in [0.717, 1.165) is 21.5 Å². The summed E-state index contributed by atoms with van der Waals surface area (Å²) in [5.41, 5.74) is 7.98. The van der Waals surface area contributed by atoms with Crippen molar-refractivity contribution in [1.82, 2.24) is 0 Å². The third kappa shape index (κ3) is 3.49. The maximum atomic E-state index is 5.89. The number of hydrogen-bond acceptors (Lipinski definition) is 3. The van der Waals surface area contributed by atoms with E-state index in [1.54, 1.807) is 7.11 Å². The average Bonchev–Trinajstić information content (AvgIpc) is 2.46. The zero-order valence-corrected chi connectivity index (χ0v) is 12.4. The summed E-state index contributed by atoms with van der Waals surface area (Å²) in [5, 5.41) is 3.42. The van der Waals surface area contributed by atoms with Gasteiger partial charge in [-0.1, -0.05) is 34.1 Å². The zero-order valence-electron chi connectivity index (χ0n) is 10.8. The normalized spacial score (nSPS) is 11.9. The van der Waals surface area contributed by atoms with Crippen molar-refractivity contribution in [3.63, 3.8) is 0 Å². The van der Waals surface area contributed by atoms with Gasteiger partial charge >= 0.3 is 0 Å². The van der Waals surface area contributed by atoms with E-state index >= 15 is 0 Å². The fraction of sp³-hybridized carbons (Fsp3) is 0.200. The topological polar surface area (TPSA) is 47.3 Å².